The Morgan fingerprint density at radius 1 is 1.00 bits per heavy atom. The zero-order valence-electron chi connectivity index (χ0n) is 18.6. The maximum atomic E-state index is 9.17. The third-order valence-corrected chi connectivity index (χ3v) is 6.25. The van der Waals surface area contributed by atoms with Crippen LogP contribution in [-0.2, 0) is 6.42 Å². The van der Waals surface area contributed by atoms with Gasteiger partial charge in [0.15, 0.2) is 0 Å². The fourth-order valence-corrected chi connectivity index (χ4v) is 4.43. The van der Waals surface area contributed by atoms with E-state index < -0.39 is 0 Å². The predicted molar refractivity (Wildman–Crippen MR) is 131 cm³/mol. The highest BCUT2D eigenvalue weighted by Crippen LogP contribution is 2.24. The van der Waals surface area contributed by atoms with Crippen LogP contribution in [0.3, 0.4) is 0 Å². The molecule has 0 aliphatic carbocycles. The van der Waals surface area contributed by atoms with Crippen LogP contribution in [0.2, 0.25) is 0 Å². The number of aromatic amines is 1. The number of hydrogen-bond donors (Lipinski definition) is 1. The quantitative estimate of drug-likeness (QED) is 0.442. The van der Waals surface area contributed by atoms with Crippen LogP contribution in [0.4, 0.5) is 5.69 Å². The molecule has 1 aliphatic rings. The van der Waals surface area contributed by atoms with E-state index in [2.05, 4.69) is 44.2 Å². The number of benzene rings is 2. The lowest BCUT2D eigenvalue weighted by Crippen LogP contribution is -2.46. The lowest BCUT2D eigenvalue weighted by atomic mass is 10.1. The van der Waals surface area contributed by atoms with Crippen molar-refractivity contribution >= 4 is 16.6 Å². The first kappa shape index (κ1) is 21.0. The van der Waals surface area contributed by atoms with E-state index in [-0.39, 0.29) is 0 Å². The number of fused-ring (bicyclic) bond motifs is 1. The number of nitrogens with one attached hydrogen (secondary N) is 1. The van der Waals surface area contributed by atoms with Crippen molar-refractivity contribution in [1.29, 1.82) is 5.26 Å². The molecule has 3 heterocycles. The molecule has 1 N–H and O–H groups in total. The number of nitrogens with zero attached hydrogens (tertiary/aromatic N) is 4. The molecule has 2 aromatic carbocycles. The summed E-state index contributed by atoms with van der Waals surface area (Å²) < 4.78 is 5.80. The monoisotopic (exact) mass is 437 g/mol. The Balaban J connectivity index is 1.09. The van der Waals surface area contributed by atoms with Gasteiger partial charge in [-0.2, -0.15) is 5.26 Å². The minimum absolute atomic E-state index is 0.608. The first-order valence-electron chi connectivity index (χ1n) is 11.4. The summed E-state index contributed by atoms with van der Waals surface area (Å²) in [4.78, 5) is 12.5. The van der Waals surface area contributed by atoms with Crippen LogP contribution in [0.1, 0.15) is 17.5 Å². The topological polar surface area (TPSA) is 68.2 Å². The van der Waals surface area contributed by atoms with E-state index in [4.69, 9.17) is 10.00 Å². The van der Waals surface area contributed by atoms with E-state index in [1.807, 2.05) is 48.5 Å². The van der Waals surface area contributed by atoms with Gasteiger partial charge in [-0.1, -0.05) is 6.07 Å². The second-order valence-corrected chi connectivity index (χ2v) is 8.38. The molecule has 2 aromatic heterocycles. The van der Waals surface area contributed by atoms with Crippen molar-refractivity contribution < 1.29 is 4.74 Å². The molecule has 1 aliphatic heterocycles. The molecule has 1 saturated heterocycles. The number of rotatable bonds is 7. The summed E-state index contributed by atoms with van der Waals surface area (Å²) in [7, 11) is 0. The average Bonchev–Trinajstić information content (AvgIpc) is 3.28. The highest BCUT2D eigenvalue weighted by Gasteiger charge is 2.17. The van der Waals surface area contributed by atoms with Crippen LogP contribution in [0.15, 0.2) is 73.1 Å². The van der Waals surface area contributed by atoms with E-state index in [9.17, 15) is 0 Å². The van der Waals surface area contributed by atoms with Gasteiger partial charge in [-0.3, -0.25) is 4.90 Å². The molecule has 6 heteroatoms. The zero-order valence-corrected chi connectivity index (χ0v) is 18.6. The van der Waals surface area contributed by atoms with Crippen molar-refractivity contribution in [1.82, 2.24) is 14.9 Å². The molecule has 0 saturated carbocycles. The Labute approximate surface area is 194 Å². The van der Waals surface area contributed by atoms with Crippen molar-refractivity contribution in [3.8, 4) is 17.7 Å². The highest BCUT2D eigenvalue weighted by molar-refractivity contribution is 5.84. The van der Waals surface area contributed by atoms with Crippen molar-refractivity contribution in [2.24, 2.45) is 0 Å². The van der Waals surface area contributed by atoms with Crippen molar-refractivity contribution in [3.63, 3.8) is 0 Å². The summed E-state index contributed by atoms with van der Waals surface area (Å²) in [5.41, 5.74) is 4.36. The summed E-state index contributed by atoms with van der Waals surface area (Å²) in [6.45, 7) is 5.28. The molecule has 33 heavy (non-hydrogen) atoms. The smallest absolute Gasteiger partial charge is 0.219 e. The molecule has 0 spiro atoms. The molecule has 0 bridgehead atoms. The molecule has 0 atom stereocenters. The minimum Gasteiger partial charge on any atom is -0.439 e. The van der Waals surface area contributed by atoms with E-state index in [0.29, 0.717) is 5.88 Å². The molecular formula is C27H27N5O. The molecule has 1 fully saturated rings. The SMILES string of the molecule is N#Cc1ccc2[nH]cc(CCCN3CCN(c4ccc(Oc5ccccn5)cc4)CC3)c2c1. The molecule has 0 amide bonds. The maximum Gasteiger partial charge on any atom is 0.219 e. The van der Waals surface area contributed by atoms with Gasteiger partial charge in [-0.05, 0) is 73.5 Å². The third-order valence-electron chi connectivity index (χ3n) is 6.25. The van der Waals surface area contributed by atoms with Crippen LogP contribution >= 0.6 is 0 Å². The fourth-order valence-electron chi connectivity index (χ4n) is 4.43. The summed E-state index contributed by atoms with van der Waals surface area (Å²) in [5, 5.41) is 10.3. The molecule has 4 aromatic rings. The van der Waals surface area contributed by atoms with Crippen LogP contribution in [-0.4, -0.2) is 47.6 Å². The number of hydrogen-bond acceptors (Lipinski definition) is 5. The number of ether oxygens (including phenoxy) is 1. The van der Waals surface area contributed by atoms with Gasteiger partial charge < -0.3 is 14.6 Å². The lowest BCUT2D eigenvalue weighted by molar-refractivity contribution is 0.255. The van der Waals surface area contributed by atoms with Gasteiger partial charge in [0.05, 0.1) is 11.6 Å². The first-order valence-corrected chi connectivity index (χ1v) is 11.4. The second kappa shape index (κ2) is 9.76. The van der Waals surface area contributed by atoms with E-state index in [1.165, 1.54) is 16.6 Å². The summed E-state index contributed by atoms with van der Waals surface area (Å²) in [6.07, 6.45) is 5.95. The van der Waals surface area contributed by atoms with Crippen LogP contribution in [0.25, 0.3) is 10.9 Å². The summed E-state index contributed by atoms with van der Waals surface area (Å²) in [6, 6.07) is 22.0. The van der Waals surface area contributed by atoms with Gasteiger partial charge in [0, 0.05) is 61.2 Å². The van der Waals surface area contributed by atoms with Crippen molar-refractivity contribution in [3.05, 3.63) is 84.2 Å². The number of piperazine rings is 1. The molecular weight excluding hydrogens is 410 g/mol. The Bertz CT molecular complexity index is 1240. The molecule has 5 rings (SSSR count). The van der Waals surface area contributed by atoms with Gasteiger partial charge in [0.2, 0.25) is 5.88 Å². The van der Waals surface area contributed by atoms with E-state index in [1.54, 1.807) is 6.20 Å². The van der Waals surface area contributed by atoms with E-state index in [0.717, 1.165) is 62.4 Å². The Morgan fingerprint density at radius 3 is 2.61 bits per heavy atom. The molecule has 6 nitrogen and oxygen atoms in total. The zero-order chi connectivity index (χ0) is 22.5. The summed E-state index contributed by atoms with van der Waals surface area (Å²) >= 11 is 0. The Kier molecular flexibility index (Phi) is 6.23. The Hall–Kier alpha value is -3.82. The fraction of sp³-hybridized carbons (Fsp3) is 0.259. The minimum atomic E-state index is 0.608. The number of H-pyrrole nitrogens is 1. The number of nitriles is 1. The van der Waals surface area contributed by atoms with Gasteiger partial charge in [0.25, 0.3) is 0 Å². The predicted octanol–water partition coefficient (Wildman–Crippen LogP) is 4.98. The van der Waals surface area contributed by atoms with Crippen LogP contribution in [0, 0.1) is 11.3 Å². The van der Waals surface area contributed by atoms with Crippen molar-refractivity contribution in [2.75, 3.05) is 37.6 Å². The van der Waals surface area contributed by atoms with Gasteiger partial charge in [-0.15, -0.1) is 0 Å². The number of aryl methyl sites for hydroxylation is 1. The molecule has 0 unspecified atom stereocenters. The third kappa shape index (κ3) is 5.00. The highest BCUT2D eigenvalue weighted by atomic mass is 16.5. The number of anilines is 1. The van der Waals surface area contributed by atoms with E-state index >= 15 is 0 Å². The maximum absolute atomic E-state index is 9.17. The lowest BCUT2D eigenvalue weighted by Gasteiger charge is -2.36. The standard InChI is InChI=1S/C27H27N5O/c28-19-21-6-11-26-25(18-21)22(20-30-26)4-3-13-31-14-16-32(17-15-31)23-7-9-24(10-8-23)33-27-5-1-2-12-29-27/h1-2,5-12,18,20,30H,3-4,13-17H2. The average molecular weight is 438 g/mol. The largest absolute Gasteiger partial charge is 0.439 e. The van der Waals surface area contributed by atoms with Crippen LogP contribution in [0.5, 0.6) is 11.6 Å². The molecule has 0 radical (unpaired) electrons. The van der Waals surface area contributed by atoms with Gasteiger partial charge in [0.1, 0.15) is 5.75 Å². The second-order valence-electron chi connectivity index (χ2n) is 8.38. The van der Waals surface area contributed by atoms with Gasteiger partial charge >= 0.3 is 0 Å². The Morgan fingerprint density at radius 2 is 1.85 bits per heavy atom. The first-order chi connectivity index (χ1) is 16.3. The van der Waals surface area contributed by atoms with Crippen molar-refractivity contribution in [2.45, 2.75) is 12.8 Å². The van der Waals surface area contributed by atoms with Gasteiger partial charge in [-0.25, -0.2) is 4.98 Å². The number of aromatic nitrogens is 2. The number of pyridine rings is 1. The normalized spacial score (nSPS) is 14.3. The van der Waals surface area contributed by atoms with Crippen LogP contribution < -0.4 is 9.64 Å². The summed E-state index contributed by atoms with van der Waals surface area (Å²) in [5.74, 6) is 1.41. The molecule has 166 valence electrons.